The van der Waals surface area contributed by atoms with Gasteiger partial charge in [0.15, 0.2) is 0 Å². The Morgan fingerprint density at radius 3 is 2.28 bits per heavy atom. The first kappa shape index (κ1) is 16.5. The van der Waals surface area contributed by atoms with E-state index in [0.29, 0.717) is 5.69 Å². The van der Waals surface area contributed by atoms with Gasteiger partial charge in [-0.1, -0.05) is 60.2 Å². The van der Waals surface area contributed by atoms with Gasteiger partial charge in [-0.2, -0.15) is 0 Å². The van der Waals surface area contributed by atoms with E-state index in [1.165, 1.54) is 4.90 Å². The van der Waals surface area contributed by atoms with E-state index in [1.54, 1.807) is 0 Å². The lowest BCUT2D eigenvalue weighted by Crippen LogP contribution is -2.40. The highest BCUT2D eigenvalue weighted by Gasteiger charge is 2.59. The van der Waals surface area contributed by atoms with Gasteiger partial charge in [0.05, 0.1) is 23.6 Å². The summed E-state index contributed by atoms with van der Waals surface area (Å²) in [7, 11) is 0. The summed E-state index contributed by atoms with van der Waals surface area (Å²) in [6.45, 7) is 2.00. The minimum Gasteiger partial charge on any atom is -0.343 e. The first-order chi connectivity index (χ1) is 14.1. The Morgan fingerprint density at radius 1 is 0.793 bits per heavy atom. The number of carbonyl (C=O) groups is 2. The molecule has 2 aromatic carbocycles. The van der Waals surface area contributed by atoms with E-state index in [-0.39, 0.29) is 35.6 Å². The molecule has 4 unspecified atom stereocenters. The largest absolute Gasteiger partial charge is 0.343 e. The molecule has 1 saturated heterocycles. The number of aromatic nitrogens is 1. The van der Waals surface area contributed by atoms with E-state index >= 15 is 0 Å². The van der Waals surface area contributed by atoms with E-state index in [0.717, 1.165) is 22.4 Å². The molecule has 142 valence electrons. The van der Waals surface area contributed by atoms with Crippen LogP contribution in [0.1, 0.15) is 23.2 Å². The summed E-state index contributed by atoms with van der Waals surface area (Å²) in [6.07, 6.45) is 6.37. The van der Waals surface area contributed by atoms with Crippen LogP contribution in [0.5, 0.6) is 0 Å². The van der Waals surface area contributed by atoms with E-state index in [9.17, 15) is 9.59 Å². The average molecular weight is 380 g/mol. The number of hydrogen-bond donors (Lipinski definition) is 0. The number of rotatable bonds is 2. The number of imide groups is 1. The fourth-order valence-corrected chi connectivity index (χ4v) is 5.23. The normalized spacial score (nSPS) is 26.7. The van der Waals surface area contributed by atoms with E-state index in [1.807, 2.05) is 49.4 Å². The molecule has 0 N–H and O–H groups in total. The lowest BCUT2D eigenvalue weighted by Gasteiger charge is -2.40. The van der Waals surface area contributed by atoms with Crippen LogP contribution >= 0.6 is 0 Å². The smallest absolute Gasteiger partial charge is 0.240 e. The Bertz CT molecular complexity index is 1120. The summed E-state index contributed by atoms with van der Waals surface area (Å²) in [5.41, 5.74) is 5.20. The summed E-state index contributed by atoms with van der Waals surface area (Å²) in [5.74, 6) is -0.859. The summed E-state index contributed by atoms with van der Waals surface area (Å²) in [6, 6.07) is 19.9. The van der Waals surface area contributed by atoms with Gasteiger partial charge >= 0.3 is 0 Å². The second-order valence-corrected chi connectivity index (χ2v) is 8.23. The molecule has 2 amide bonds. The van der Waals surface area contributed by atoms with E-state index < -0.39 is 0 Å². The van der Waals surface area contributed by atoms with Crippen molar-refractivity contribution >= 4 is 17.5 Å². The number of amides is 2. The van der Waals surface area contributed by atoms with Gasteiger partial charge in [0.2, 0.25) is 11.8 Å². The minimum absolute atomic E-state index is 0.0608. The molecule has 4 atom stereocenters. The van der Waals surface area contributed by atoms with Crippen LogP contribution in [0.15, 0.2) is 79.0 Å². The van der Waals surface area contributed by atoms with Gasteiger partial charge < -0.3 is 4.57 Å². The van der Waals surface area contributed by atoms with Crippen LogP contribution < -0.4 is 4.90 Å². The van der Waals surface area contributed by atoms with Crippen molar-refractivity contribution in [2.45, 2.75) is 18.9 Å². The fourth-order valence-electron chi connectivity index (χ4n) is 5.23. The fraction of sp³-hybridized carbons (Fsp3) is 0.200. The van der Waals surface area contributed by atoms with Gasteiger partial charge in [0.1, 0.15) is 0 Å². The van der Waals surface area contributed by atoms with Crippen LogP contribution in [0.3, 0.4) is 0 Å². The van der Waals surface area contributed by atoms with Crippen molar-refractivity contribution in [2.75, 3.05) is 4.90 Å². The Kier molecular flexibility index (Phi) is 3.31. The van der Waals surface area contributed by atoms with Crippen molar-refractivity contribution in [3.05, 3.63) is 90.3 Å². The second-order valence-electron chi connectivity index (χ2n) is 8.23. The number of benzene rings is 2. The molecule has 4 aliphatic rings. The van der Waals surface area contributed by atoms with Crippen molar-refractivity contribution in [1.29, 1.82) is 0 Å². The summed E-state index contributed by atoms with van der Waals surface area (Å²) in [4.78, 5) is 28.2. The molecule has 0 radical (unpaired) electrons. The lowest BCUT2D eigenvalue weighted by atomic mass is 9.70. The van der Waals surface area contributed by atoms with Crippen molar-refractivity contribution in [1.82, 2.24) is 4.57 Å². The molecular formula is C25H20N2O2. The third-order valence-electron chi connectivity index (χ3n) is 6.61. The maximum absolute atomic E-state index is 13.4. The van der Waals surface area contributed by atoms with Gasteiger partial charge in [0.25, 0.3) is 0 Å². The number of carbonyl (C=O) groups excluding carboxylic acids is 2. The Balaban J connectivity index is 1.42. The summed E-state index contributed by atoms with van der Waals surface area (Å²) < 4.78 is 2.21. The average Bonchev–Trinajstić information content (AvgIpc) is 3.32. The SMILES string of the molecule is Cc1ccc(N2C(=O)C3C4C=CC(C3C2=O)n2cc(-c3ccccc3)cc24)cc1. The molecule has 0 spiro atoms. The second kappa shape index (κ2) is 5.80. The maximum Gasteiger partial charge on any atom is 0.240 e. The first-order valence-electron chi connectivity index (χ1n) is 10.0. The van der Waals surface area contributed by atoms with Crippen molar-refractivity contribution in [2.24, 2.45) is 11.8 Å². The van der Waals surface area contributed by atoms with Crippen molar-refractivity contribution in [3.63, 3.8) is 0 Å². The zero-order valence-corrected chi connectivity index (χ0v) is 16.0. The molecule has 4 heterocycles. The predicted octanol–water partition coefficient (Wildman–Crippen LogP) is 4.48. The van der Waals surface area contributed by atoms with E-state index in [4.69, 9.17) is 0 Å². The zero-order chi connectivity index (χ0) is 19.7. The predicted molar refractivity (Wildman–Crippen MR) is 111 cm³/mol. The number of aryl methyl sites for hydroxylation is 1. The first-order valence-corrected chi connectivity index (χ1v) is 10.0. The molecule has 29 heavy (non-hydrogen) atoms. The Labute approximate surface area is 169 Å². The highest BCUT2D eigenvalue weighted by Crippen LogP contribution is 2.54. The number of anilines is 1. The molecule has 1 aliphatic carbocycles. The van der Waals surface area contributed by atoms with Gasteiger partial charge in [-0.15, -0.1) is 0 Å². The van der Waals surface area contributed by atoms with Gasteiger partial charge in [-0.3, -0.25) is 9.59 Å². The topological polar surface area (TPSA) is 42.3 Å². The van der Waals surface area contributed by atoms with Crippen LogP contribution in [-0.4, -0.2) is 16.4 Å². The standard InChI is InChI=1S/C25H20N2O2/c1-15-7-9-18(10-8-15)27-24(28)22-19-11-12-20(23(22)25(27)29)26-14-17(13-21(19)26)16-5-3-2-4-6-16/h2-14,19-20,22-23H,1H3. The maximum atomic E-state index is 13.4. The van der Waals surface area contributed by atoms with Crippen molar-refractivity contribution in [3.8, 4) is 11.1 Å². The molecule has 4 heteroatoms. The molecule has 3 aromatic rings. The molecule has 1 fully saturated rings. The van der Waals surface area contributed by atoms with Crippen LogP contribution in [0, 0.1) is 18.8 Å². The van der Waals surface area contributed by atoms with Gasteiger partial charge in [-0.05, 0) is 36.2 Å². The molecule has 0 saturated carbocycles. The lowest BCUT2D eigenvalue weighted by molar-refractivity contribution is -0.122. The van der Waals surface area contributed by atoms with Crippen LogP contribution in [0.2, 0.25) is 0 Å². The summed E-state index contributed by atoms with van der Waals surface area (Å²) in [5, 5.41) is 0. The highest BCUT2D eigenvalue weighted by atomic mass is 16.2. The third kappa shape index (κ3) is 2.20. The Hall–Kier alpha value is -3.40. The number of nitrogens with zero attached hydrogens (tertiary/aromatic N) is 2. The molecular weight excluding hydrogens is 360 g/mol. The molecule has 1 aromatic heterocycles. The van der Waals surface area contributed by atoms with Crippen LogP contribution in [0.25, 0.3) is 11.1 Å². The molecule has 4 nitrogen and oxygen atoms in total. The number of hydrogen-bond acceptors (Lipinski definition) is 2. The molecule has 3 aliphatic heterocycles. The monoisotopic (exact) mass is 380 g/mol. The van der Waals surface area contributed by atoms with Crippen molar-refractivity contribution < 1.29 is 9.59 Å². The molecule has 2 bridgehead atoms. The minimum atomic E-state index is -0.331. The Morgan fingerprint density at radius 2 is 1.52 bits per heavy atom. The van der Waals surface area contributed by atoms with Crippen LogP contribution in [0.4, 0.5) is 5.69 Å². The quantitative estimate of drug-likeness (QED) is 0.486. The van der Waals surface area contributed by atoms with E-state index in [2.05, 4.69) is 41.1 Å². The van der Waals surface area contributed by atoms with Gasteiger partial charge in [0, 0.05) is 17.8 Å². The zero-order valence-electron chi connectivity index (χ0n) is 16.0. The van der Waals surface area contributed by atoms with Crippen LogP contribution in [-0.2, 0) is 9.59 Å². The number of allylic oxidation sites excluding steroid dienone is 2. The summed E-state index contributed by atoms with van der Waals surface area (Å²) >= 11 is 0. The molecule has 7 rings (SSSR count). The highest BCUT2D eigenvalue weighted by molar-refractivity contribution is 6.23. The van der Waals surface area contributed by atoms with Gasteiger partial charge in [-0.25, -0.2) is 4.90 Å². The third-order valence-corrected chi connectivity index (χ3v) is 6.61.